The van der Waals surface area contributed by atoms with E-state index in [0.29, 0.717) is 0 Å². The average Bonchev–Trinajstić information content (AvgIpc) is 2.32. The quantitative estimate of drug-likeness (QED) is 0.652. The van der Waals surface area contributed by atoms with Crippen LogP contribution in [0, 0.1) is 0 Å². The van der Waals surface area contributed by atoms with Crippen molar-refractivity contribution in [3.8, 4) is 0 Å². The van der Waals surface area contributed by atoms with Gasteiger partial charge in [0.05, 0.1) is 6.20 Å². The molecule has 3 nitrogen and oxygen atoms in total. The SMILES string of the molecule is Cln1ncc2nc(Br)ccc21. The van der Waals surface area contributed by atoms with Crippen LogP contribution >= 0.6 is 27.7 Å². The second-order valence-electron chi connectivity index (χ2n) is 2.04. The molecular formula is C6H3BrClN3. The predicted octanol–water partition coefficient (Wildman–Crippen LogP) is 2.20. The van der Waals surface area contributed by atoms with E-state index in [0.717, 1.165) is 15.6 Å². The van der Waals surface area contributed by atoms with Gasteiger partial charge in [0.2, 0.25) is 0 Å². The van der Waals surface area contributed by atoms with Crippen molar-refractivity contribution in [1.82, 2.24) is 14.3 Å². The summed E-state index contributed by atoms with van der Waals surface area (Å²) in [6.45, 7) is 0. The third kappa shape index (κ3) is 1.12. The molecule has 0 amide bonds. The Kier molecular flexibility index (Phi) is 1.58. The standard InChI is InChI=1S/C6H3BrClN3/c7-6-2-1-5-4(10-6)3-9-11(5)8/h1-3H. The monoisotopic (exact) mass is 231 g/mol. The lowest BCUT2D eigenvalue weighted by Gasteiger charge is -1.90. The fourth-order valence-corrected chi connectivity index (χ4v) is 1.37. The minimum atomic E-state index is 0.786. The Morgan fingerprint density at radius 2 is 2.27 bits per heavy atom. The summed E-state index contributed by atoms with van der Waals surface area (Å²) >= 11 is 8.93. The van der Waals surface area contributed by atoms with Crippen molar-refractivity contribution in [2.45, 2.75) is 0 Å². The second kappa shape index (κ2) is 2.46. The Morgan fingerprint density at radius 1 is 1.45 bits per heavy atom. The minimum absolute atomic E-state index is 0.786. The van der Waals surface area contributed by atoms with Gasteiger partial charge in [0.15, 0.2) is 0 Å². The lowest BCUT2D eigenvalue weighted by atomic mass is 10.4. The van der Waals surface area contributed by atoms with Gasteiger partial charge in [0.25, 0.3) is 0 Å². The van der Waals surface area contributed by atoms with Crippen molar-refractivity contribution in [1.29, 1.82) is 0 Å². The normalized spacial score (nSPS) is 10.7. The topological polar surface area (TPSA) is 30.7 Å². The highest BCUT2D eigenvalue weighted by molar-refractivity contribution is 9.10. The molecule has 0 aromatic carbocycles. The third-order valence-corrected chi connectivity index (χ3v) is 2.06. The summed E-state index contributed by atoms with van der Waals surface area (Å²) in [5.41, 5.74) is 1.60. The molecule has 2 heterocycles. The Bertz CT molecular complexity index is 398. The van der Waals surface area contributed by atoms with Crippen LogP contribution in [0.5, 0.6) is 0 Å². The molecule has 0 radical (unpaired) electrons. The van der Waals surface area contributed by atoms with Crippen LogP contribution in [0.3, 0.4) is 0 Å². The highest BCUT2D eigenvalue weighted by atomic mass is 79.9. The van der Waals surface area contributed by atoms with Crippen LogP contribution in [0.4, 0.5) is 0 Å². The van der Waals surface area contributed by atoms with E-state index in [1.165, 1.54) is 4.20 Å². The van der Waals surface area contributed by atoms with Gasteiger partial charge in [-0.25, -0.2) is 4.98 Å². The van der Waals surface area contributed by atoms with E-state index in [1.807, 2.05) is 12.1 Å². The van der Waals surface area contributed by atoms with Crippen molar-refractivity contribution in [2.24, 2.45) is 0 Å². The lowest BCUT2D eigenvalue weighted by molar-refractivity contribution is 1.02. The molecule has 0 aliphatic heterocycles. The summed E-state index contributed by atoms with van der Waals surface area (Å²) in [5, 5.41) is 3.84. The van der Waals surface area contributed by atoms with Crippen molar-refractivity contribution in [3.05, 3.63) is 22.9 Å². The number of hydrogen-bond donors (Lipinski definition) is 0. The maximum Gasteiger partial charge on any atom is 0.111 e. The van der Waals surface area contributed by atoms with Crippen LogP contribution < -0.4 is 0 Å². The summed E-state index contributed by atoms with van der Waals surface area (Å²) in [5.74, 6) is 0. The van der Waals surface area contributed by atoms with Gasteiger partial charge in [-0.1, -0.05) is 0 Å². The van der Waals surface area contributed by atoms with Gasteiger partial charge in [-0.05, 0) is 28.1 Å². The van der Waals surface area contributed by atoms with Gasteiger partial charge in [-0.15, -0.1) is 0 Å². The van der Waals surface area contributed by atoms with Gasteiger partial charge in [0.1, 0.15) is 15.6 Å². The molecule has 0 unspecified atom stereocenters. The highest BCUT2D eigenvalue weighted by Crippen LogP contribution is 2.15. The minimum Gasteiger partial charge on any atom is -0.238 e. The summed E-state index contributed by atoms with van der Waals surface area (Å²) in [6.07, 6.45) is 1.62. The van der Waals surface area contributed by atoms with Crippen molar-refractivity contribution in [3.63, 3.8) is 0 Å². The lowest BCUT2D eigenvalue weighted by Crippen LogP contribution is -1.81. The fraction of sp³-hybridized carbons (Fsp3) is 0. The maximum absolute atomic E-state index is 5.68. The Labute approximate surface area is 76.2 Å². The second-order valence-corrected chi connectivity index (χ2v) is 3.18. The molecule has 0 atom stereocenters. The number of rotatable bonds is 0. The highest BCUT2D eigenvalue weighted by Gasteiger charge is 2.00. The maximum atomic E-state index is 5.68. The zero-order chi connectivity index (χ0) is 7.84. The molecule has 0 aliphatic rings. The fourth-order valence-electron chi connectivity index (χ4n) is 0.861. The van der Waals surface area contributed by atoms with E-state index in [-0.39, 0.29) is 0 Å². The van der Waals surface area contributed by atoms with Gasteiger partial charge in [-0.3, -0.25) is 0 Å². The summed E-state index contributed by atoms with van der Waals surface area (Å²) in [6, 6.07) is 3.68. The van der Waals surface area contributed by atoms with Crippen LogP contribution in [0.1, 0.15) is 0 Å². The van der Waals surface area contributed by atoms with Gasteiger partial charge >= 0.3 is 0 Å². The molecule has 56 valence electrons. The van der Waals surface area contributed by atoms with E-state index in [1.54, 1.807) is 6.20 Å². The van der Waals surface area contributed by atoms with Gasteiger partial charge < -0.3 is 0 Å². The van der Waals surface area contributed by atoms with Crippen LogP contribution in [0.2, 0.25) is 0 Å². The molecule has 2 aromatic rings. The molecule has 0 saturated heterocycles. The molecular weight excluding hydrogens is 229 g/mol. The van der Waals surface area contributed by atoms with E-state index in [4.69, 9.17) is 11.8 Å². The molecule has 11 heavy (non-hydrogen) atoms. The smallest absolute Gasteiger partial charge is 0.111 e. The molecule has 0 N–H and O–H groups in total. The number of aromatic nitrogens is 3. The molecule has 0 aliphatic carbocycles. The van der Waals surface area contributed by atoms with Crippen LogP contribution in [-0.4, -0.2) is 14.3 Å². The first-order valence-corrected chi connectivity index (χ1v) is 4.07. The largest absolute Gasteiger partial charge is 0.238 e. The Balaban J connectivity index is 2.86. The number of fused-ring (bicyclic) bond motifs is 1. The van der Waals surface area contributed by atoms with Gasteiger partial charge in [0, 0.05) is 11.8 Å². The van der Waals surface area contributed by atoms with E-state index in [9.17, 15) is 0 Å². The van der Waals surface area contributed by atoms with Crippen molar-refractivity contribution >= 4 is 38.7 Å². The van der Waals surface area contributed by atoms with Crippen LogP contribution in [0.15, 0.2) is 22.9 Å². The third-order valence-electron chi connectivity index (χ3n) is 1.35. The first-order chi connectivity index (χ1) is 5.27. The number of hydrogen-bond acceptors (Lipinski definition) is 2. The Morgan fingerprint density at radius 3 is 3.09 bits per heavy atom. The van der Waals surface area contributed by atoms with E-state index < -0.39 is 0 Å². The molecule has 0 spiro atoms. The number of pyridine rings is 1. The van der Waals surface area contributed by atoms with Crippen molar-refractivity contribution < 1.29 is 0 Å². The predicted molar refractivity (Wildman–Crippen MR) is 46.5 cm³/mol. The first kappa shape index (κ1) is 7.06. The molecule has 5 heteroatoms. The van der Waals surface area contributed by atoms with E-state index >= 15 is 0 Å². The summed E-state index contributed by atoms with van der Waals surface area (Å²) in [4.78, 5) is 4.15. The van der Waals surface area contributed by atoms with Crippen LogP contribution in [-0.2, 0) is 0 Å². The molecule has 0 bridgehead atoms. The van der Waals surface area contributed by atoms with Crippen molar-refractivity contribution in [2.75, 3.05) is 0 Å². The Hall–Kier alpha value is -0.610. The molecule has 2 aromatic heterocycles. The van der Waals surface area contributed by atoms with Gasteiger partial charge in [-0.2, -0.15) is 9.30 Å². The zero-order valence-corrected chi connectivity index (χ0v) is 7.67. The first-order valence-electron chi connectivity index (χ1n) is 2.94. The zero-order valence-electron chi connectivity index (χ0n) is 5.33. The number of nitrogens with zero attached hydrogens (tertiary/aromatic N) is 3. The molecule has 0 fully saturated rings. The molecule has 0 saturated carbocycles. The van der Waals surface area contributed by atoms with Crippen LogP contribution in [0.25, 0.3) is 11.0 Å². The number of halogens is 2. The molecule has 2 rings (SSSR count). The van der Waals surface area contributed by atoms with E-state index in [2.05, 4.69) is 26.0 Å². The summed E-state index contributed by atoms with van der Waals surface area (Å²) in [7, 11) is 0. The average molecular weight is 232 g/mol. The summed E-state index contributed by atoms with van der Waals surface area (Å²) < 4.78 is 2.06.